The Kier molecular flexibility index (Phi) is 3.67. The van der Waals surface area contributed by atoms with Crippen LogP contribution in [-0.4, -0.2) is 17.1 Å². The van der Waals surface area contributed by atoms with E-state index in [1.54, 1.807) is 12.1 Å². The molecule has 2 nitrogen and oxygen atoms in total. The van der Waals surface area contributed by atoms with Crippen LogP contribution in [0.1, 0.15) is 12.5 Å². The molecule has 0 aliphatic carbocycles. The highest BCUT2D eigenvalue weighted by Crippen LogP contribution is 2.26. The summed E-state index contributed by atoms with van der Waals surface area (Å²) in [6.07, 6.45) is -2.52. The molecule has 0 amide bonds. The fraction of sp³-hybridized carbons (Fsp3) is 0.400. The number of nitrogens with two attached hydrogens (primary N) is 1. The maximum Gasteiger partial charge on any atom is 0.256 e. The Morgan fingerprint density at radius 3 is 2.60 bits per heavy atom. The standard InChI is InChI=1S/C10H12BrF2NO/c1-10(14,9(12)13)5-6-2-3-8(15)7(11)4-6/h2-4,9,15H,5,14H2,1H3. The van der Waals surface area contributed by atoms with Crippen LogP contribution in [0, 0.1) is 0 Å². The third kappa shape index (κ3) is 3.14. The summed E-state index contributed by atoms with van der Waals surface area (Å²) in [5.74, 6) is 0.0783. The summed E-state index contributed by atoms with van der Waals surface area (Å²) < 4.78 is 25.5. The van der Waals surface area contributed by atoms with Gasteiger partial charge in [0.25, 0.3) is 6.43 Å². The van der Waals surface area contributed by atoms with Crippen molar-refractivity contribution in [2.45, 2.75) is 25.3 Å². The van der Waals surface area contributed by atoms with Gasteiger partial charge in [-0.25, -0.2) is 8.78 Å². The lowest BCUT2D eigenvalue weighted by molar-refractivity contribution is 0.0639. The van der Waals surface area contributed by atoms with Gasteiger partial charge in [0.1, 0.15) is 5.75 Å². The van der Waals surface area contributed by atoms with Gasteiger partial charge in [0.15, 0.2) is 0 Å². The minimum absolute atomic E-state index is 0.0591. The molecule has 1 atom stereocenters. The summed E-state index contributed by atoms with van der Waals surface area (Å²) in [6, 6.07) is 4.61. The largest absolute Gasteiger partial charge is 0.507 e. The lowest BCUT2D eigenvalue weighted by atomic mass is 9.94. The van der Waals surface area contributed by atoms with Crippen molar-refractivity contribution >= 4 is 15.9 Å². The van der Waals surface area contributed by atoms with E-state index in [1.807, 2.05) is 0 Å². The van der Waals surface area contributed by atoms with Crippen LogP contribution >= 0.6 is 15.9 Å². The van der Waals surface area contributed by atoms with Crippen molar-refractivity contribution in [2.75, 3.05) is 0 Å². The molecule has 0 spiro atoms. The van der Waals surface area contributed by atoms with Crippen LogP contribution in [-0.2, 0) is 6.42 Å². The summed E-state index contributed by atoms with van der Waals surface area (Å²) in [5, 5.41) is 9.22. The van der Waals surface area contributed by atoms with Gasteiger partial charge in [0.05, 0.1) is 10.0 Å². The first kappa shape index (κ1) is 12.4. The molecule has 0 aliphatic heterocycles. The molecule has 1 aromatic rings. The van der Waals surface area contributed by atoms with E-state index in [9.17, 15) is 13.9 Å². The summed E-state index contributed by atoms with van der Waals surface area (Å²) >= 11 is 3.11. The lowest BCUT2D eigenvalue weighted by Gasteiger charge is -2.23. The smallest absolute Gasteiger partial charge is 0.256 e. The monoisotopic (exact) mass is 279 g/mol. The fourth-order valence-corrected chi connectivity index (χ4v) is 1.60. The highest BCUT2D eigenvalue weighted by molar-refractivity contribution is 9.10. The molecule has 0 bridgehead atoms. The van der Waals surface area contributed by atoms with Crippen LogP contribution in [0.15, 0.2) is 22.7 Å². The molecule has 3 N–H and O–H groups in total. The van der Waals surface area contributed by atoms with Gasteiger partial charge in [-0.2, -0.15) is 0 Å². The molecule has 5 heteroatoms. The Balaban J connectivity index is 2.86. The number of halogens is 3. The number of hydrogen-bond acceptors (Lipinski definition) is 2. The van der Waals surface area contributed by atoms with Gasteiger partial charge in [0, 0.05) is 0 Å². The van der Waals surface area contributed by atoms with Crippen molar-refractivity contribution in [3.63, 3.8) is 0 Å². The van der Waals surface area contributed by atoms with Gasteiger partial charge in [-0.1, -0.05) is 6.07 Å². The summed E-state index contributed by atoms with van der Waals surface area (Å²) in [6.45, 7) is 1.30. The summed E-state index contributed by atoms with van der Waals surface area (Å²) in [4.78, 5) is 0. The zero-order valence-electron chi connectivity index (χ0n) is 8.17. The summed E-state index contributed by atoms with van der Waals surface area (Å²) in [5.41, 5.74) is 4.56. The Morgan fingerprint density at radius 2 is 2.13 bits per heavy atom. The molecule has 84 valence electrons. The predicted octanol–water partition coefficient (Wildman–Crippen LogP) is 2.68. The maximum atomic E-state index is 12.5. The molecule has 0 fully saturated rings. The quantitative estimate of drug-likeness (QED) is 0.894. The molecule has 0 saturated carbocycles. The van der Waals surface area contributed by atoms with Crippen LogP contribution in [0.5, 0.6) is 5.75 Å². The van der Waals surface area contributed by atoms with Crippen molar-refractivity contribution < 1.29 is 13.9 Å². The number of benzene rings is 1. The Morgan fingerprint density at radius 1 is 1.53 bits per heavy atom. The van der Waals surface area contributed by atoms with Crippen molar-refractivity contribution in [3.05, 3.63) is 28.2 Å². The van der Waals surface area contributed by atoms with E-state index < -0.39 is 12.0 Å². The van der Waals surface area contributed by atoms with E-state index in [4.69, 9.17) is 5.73 Å². The highest BCUT2D eigenvalue weighted by atomic mass is 79.9. The Hall–Kier alpha value is -0.680. The first-order valence-corrected chi connectivity index (χ1v) is 5.16. The zero-order chi connectivity index (χ0) is 11.6. The van der Waals surface area contributed by atoms with Gasteiger partial charge < -0.3 is 10.8 Å². The molecule has 0 aliphatic rings. The molecular formula is C10H12BrF2NO. The van der Waals surface area contributed by atoms with Gasteiger partial charge in [0.2, 0.25) is 0 Å². The van der Waals surface area contributed by atoms with Crippen LogP contribution in [0.2, 0.25) is 0 Å². The number of alkyl halides is 2. The molecule has 15 heavy (non-hydrogen) atoms. The van der Waals surface area contributed by atoms with Crippen LogP contribution in [0.4, 0.5) is 8.78 Å². The second-order valence-corrected chi connectivity index (χ2v) is 4.62. The minimum atomic E-state index is -2.58. The van der Waals surface area contributed by atoms with Crippen LogP contribution in [0.25, 0.3) is 0 Å². The first-order chi connectivity index (χ1) is 6.83. The Bertz CT molecular complexity index is 355. The second-order valence-electron chi connectivity index (χ2n) is 3.77. The highest BCUT2D eigenvalue weighted by Gasteiger charge is 2.30. The second kappa shape index (κ2) is 4.45. The maximum absolute atomic E-state index is 12.5. The van der Waals surface area contributed by atoms with Gasteiger partial charge in [-0.15, -0.1) is 0 Å². The molecule has 1 unspecified atom stereocenters. The number of phenols is 1. The van der Waals surface area contributed by atoms with Crippen molar-refractivity contribution in [1.29, 1.82) is 0 Å². The van der Waals surface area contributed by atoms with Crippen molar-refractivity contribution in [1.82, 2.24) is 0 Å². The molecular weight excluding hydrogens is 268 g/mol. The lowest BCUT2D eigenvalue weighted by Crippen LogP contribution is -2.45. The third-order valence-corrected chi connectivity index (χ3v) is 2.73. The van der Waals surface area contributed by atoms with E-state index in [0.29, 0.717) is 10.0 Å². The molecule has 0 radical (unpaired) electrons. The van der Waals surface area contributed by atoms with E-state index in [1.165, 1.54) is 13.0 Å². The molecule has 0 heterocycles. The van der Waals surface area contributed by atoms with Crippen LogP contribution in [0.3, 0.4) is 0 Å². The molecule has 1 rings (SSSR count). The normalized spacial score (nSPS) is 15.3. The average Bonchev–Trinajstić information content (AvgIpc) is 2.10. The van der Waals surface area contributed by atoms with E-state index in [-0.39, 0.29) is 12.2 Å². The van der Waals surface area contributed by atoms with Crippen LogP contribution < -0.4 is 5.73 Å². The number of hydrogen-bond donors (Lipinski definition) is 2. The van der Waals surface area contributed by atoms with Crippen molar-refractivity contribution in [3.8, 4) is 5.75 Å². The molecule has 0 saturated heterocycles. The SMILES string of the molecule is CC(N)(Cc1ccc(O)c(Br)c1)C(F)F. The Labute approximate surface area is 95.2 Å². The minimum Gasteiger partial charge on any atom is -0.507 e. The number of phenolic OH excluding ortho intramolecular Hbond substituents is 1. The summed E-state index contributed by atoms with van der Waals surface area (Å²) in [7, 11) is 0. The number of rotatable bonds is 3. The first-order valence-electron chi connectivity index (χ1n) is 4.37. The van der Waals surface area contributed by atoms with Gasteiger partial charge >= 0.3 is 0 Å². The van der Waals surface area contributed by atoms with Gasteiger partial charge in [-0.05, 0) is 47.0 Å². The number of aromatic hydroxyl groups is 1. The van der Waals surface area contributed by atoms with E-state index >= 15 is 0 Å². The zero-order valence-corrected chi connectivity index (χ0v) is 9.76. The fourth-order valence-electron chi connectivity index (χ4n) is 1.18. The predicted molar refractivity (Wildman–Crippen MR) is 58.1 cm³/mol. The van der Waals surface area contributed by atoms with E-state index in [2.05, 4.69) is 15.9 Å². The van der Waals surface area contributed by atoms with Gasteiger partial charge in [-0.3, -0.25) is 0 Å². The topological polar surface area (TPSA) is 46.2 Å². The third-order valence-electron chi connectivity index (χ3n) is 2.10. The average molecular weight is 280 g/mol. The molecule has 0 aromatic heterocycles. The van der Waals surface area contributed by atoms with E-state index in [0.717, 1.165) is 0 Å². The van der Waals surface area contributed by atoms with Crippen molar-refractivity contribution in [2.24, 2.45) is 5.73 Å². The molecule has 1 aromatic carbocycles.